The second kappa shape index (κ2) is 7.61. The van der Waals surface area contributed by atoms with Gasteiger partial charge in [0, 0.05) is 5.92 Å². The molecule has 2 N–H and O–H groups in total. The van der Waals surface area contributed by atoms with E-state index in [9.17, 15) is 4.79 Å². The van der Waals surface area contributed by atoms with Crippen LogP contribution in [0.1, 0.15) is 58.3 Å². The lowest BCUT2D eigenvalue weighted by Crippen LogP contribution is -2.15. The molecule has 1 atom stereocenters. The van der Waals surface area contributed by atoms with Crippen LogP contribution in [-0.4, -0.2) is 12.3 Å². The Kier molecular flexibility index (Phi) is 6.39. The van der Waals surface area contributed by atoms with Gasteiger partial charge in [-0.15, -0.1) is 0 Å². The fourth-order valence-electron chi connectivity index (χ4n) is 2.29. The lowest BCUT2D eigenvalue weighted by Gasteiger charge is -2.15. The predicted octanol–water partition coefficient (Wildman–Crippen LogP) is 3.21. The number of nitrogens with two attached hydrogens (primary N) is 1. The van der Waals surface area contributed by atoms with Gasteiger partial charge in [0.15, 0.2) is 5.78 Å². The van der Waals surface area contributed by atoms with E-state index in [1.807, 2.05) is 6.92 Å². The molecule has 0 saturated heterocycles. The van der Waals surface area contributed by atoms with Gasteiger partial charge in [-0.1, -0.05) is 25.8 Å². The predicted molar refractivity (Wildman–Crippen MR) is 68.2 cm³/mol. The molecule has 0 fully saturated rings. The maximum Gasteiger partial charge on any atom is 0.161 e. The van der Waals surface area contributed by atoms with E-state index >= 15 is 0 Å². The Morgan fingerprint density at radius 3 is 2.88 bits per heavy atom. The lowest BCUT2D eigenvalue weighted by molar-refractivity contribution is -0.119. The molecule has 0 heterocycles. The van der Waals surface area contributed by atoms with Crippen LogP contribution in [0.3, 0.4) is 0 Å². The standard InChI is InChI=1S/C14H25NO/c1-12(8-7-11-15)14(16)13-9-5-3-2-4-6-10-13/h9,12H,2-8,10-11,15H2,1H3. The molecule has 0 amide bonds. The minimum absolute atomic E-state index is 0.161. The molecule has 0 spiro atoms. The fourth-order valence-corrected chi connectivity index (χ4v) is 2.29. The summed E-state index contributed by atoms with van der Waals surface area (Å²) in [6.07, 6.45) is 11.2. The Labute approximate surface area is 99.3 Å². The number of hydrogen-bond acceptors (Lipinski definition) is 2. The molecule has 0 aromatic carbocycles. The van der Waals surface area contributed by atoms with Crippen LogP contribution in [0, 0.1) is 5.92 Å². The van der Waals surface area contributed by atoms with Crippen molar-refractivity contribution in [2.24, 2.45) is 11.7 Å². The molecular formula is C14H25NO. The van der Waals surface area contributed by atoms with E-state index in [-0.39, 0.29) is 5.92 Å². The van der Waals surface area contributed by atoms with E-state index < -0.39 is 0 Å². The van der Waals surface area contributed by atoms with E-state index in [0.717, 1.165) is 31.3 Å². The second-order valence-electron chi connectivity index (χ2n) is 4.88. The lowest BCUT2D eigenvalue weighted by atomic mass is 9.89. The summed E-state index contributed by atoms with van der Waals surface area (Å²) in [5.74, 6) is 0.532. The van der Waals surface area contributed by atoms with Crippen molar-refractivity contribution < 1.29 is 4.79 Å². The molecule has 0 aromatic rings. The molecule has 1 unspecified atom stereocenters. The SMILES string of the molecule is CC(CCCN)C(=O)C1=CCCCCCC1. The summed E-state index contributed by atoms with van der Waals surface area (Å²) in [4.78, 5) is 12.2. The first-order valence-electron chi connectivity index (χ1n) is 6.69. The second-order valence-corrected chi connectivity index (χ2v) is 4.88. The highest BCUT2D eigenvalue weighted by atomic mass is 16.1. The third-order valence-corrected chi connectivity index (χ3v) is 3.40. The summed E-state index contributed by atoms with van der Waals surface area (Å²) in [6.45, 7) is 2.73. The van der Waals surface area contributed by atoms with Crippen LogP contribution in [-0.2, 0) is 4.79 Å². The molecule has 92 valence electrons. The van der Waals surface area contributed by atoms with Gasteiger partial charge in [0.2, 0.25) is 0 Å². The van der Waals surface area contributed by atoms with Crippen molar-refractivity contribution in [1.29, 1.82) is 0 Å². The molecular weight excluding hydrogens is 198 g/mol. The van der Waals surface area contributed by atoms with E-state index in [4.69, 9.17) is 5.73 Å². The summed E-state index contributed by atoms with van der Waals surface area (Å²) in [6, 6.07) is 0. The van der Waals surface area contributed by atoms with Gasteiger partial charge in [0.25, 0.3) is 0 Å². The first-order valence-corrected chi connectivity index (χ1v) is 6.69. The molecule has 0 radical (unpaired) electrons. The van der Waals surface area contributed by atoms with Gasteiger partial charge in [0.1, 0.15) is 0 Å². The van der Waals surface area contributed by atoms with Crippen LogP contribution in [0.15, 0.2) is 11.6 Å². The highest BCUT2D eigenvalue weighted by Gasteiger charge is 2.17. The van der Waals surface area contributed by atoms with Crippen LogP contribution in [0.2, 0.25) is 0 Å². The molecule has 1 aliphatic carbocycles. The molecule has 0 saturated carbocycles. The highest BCUT2D eigenvalue weighted by Crippen LogP contribution is 2.21. The molecule has 0 bridgehead atoms. The molecule has 2 heteroatoms. The third kappa shape index (κ3) is 4.48. The molecule has 1 rings (SSSR count). The number of carbonyl (C=O) groups is 1. The van der Waals surface area contributed by atoms with Gasteiger partial charge < -0.3 is 5.73 Å². The molecule has 16 heavy (non-hydrogen) atoms. The summed E-state index contributed by atoms with van der Waals surface area (Å²) in [7, 11) is 0. The van der Waals surface area contributed by atoms with E-state index in [1.165, 1.54) is 25.7 Å². The maximum absolute atomic E-state index is 12.2. The van der Waals surface area contributed by atoms with Crippen LogP contribution >= 0.6 is 0 Å². The van der Waals surface area contributed by atoms with Crippen LogP contribution in [0.25, 0.3) is 0 Å². The number of rotatable bonds is 5. The zero-order valence-corrected chi connectivity index (χ0v) is 10.5. The minimum atomic E-state index is 0.161. The van der Waals surface area contributed by atoms with Crippen molar-refractivity contribution >= 4 is 5.78 Å². The Bertz CT molecular complexity index is 245. The molecule has 2 nitrogen and oxygen atoms in total. The Hall–Kier alpha value is -0.630. The Balaban J connectivity index is 2.49. The number of hydrogen-bond donors (Lipinski definition) is 1. The third-order valence-electron chi connectivity index (χ3n) is 3.40. The average molecular weight is 223 g/mol. The van der Waals surface area contributed by atoms with Crippen LogP contribution in [0.4, 0.5) is 0 Å². The molecule has 0 aliphatic heterocycles. The average Bonchev–Trinajstić information content (AvgIpc) is 2.24. The summed E-state index contributed by atoms with van der Waals surface area (Å²) >= 11 is 0. The normalized spacial score (nSPS) is 19.5. The van der Waals surface area contributed by atoms with Crippen molar-refractivity contribution in [3.05, 3.63) is 11.6 Å². The van der Waals surface area contributed by atoms with E-state index in [2.05, 4.69) is 6.08 Å². The van der Waals surface area contributed by atoms with Crippen molar-refractivity contribution in [2.75, 3.05) is 6.54 Å². The summed E-state index contributed by atoms with van der Waals surface area (Å²) in [5, 5.41) is 0. The Morgan fingerprint density at radius 2 is 2.12 bits per heavy atom. The largest absolute Gasteiger partial charge is 0.330 e. The smallest absolute Gasteiger partial charge is 0.161 e. The van der Waals surface area contributed by atoms with Crippen molar-refractivity contribution in [1.82, 2.24) is 0 Å². The molecule has 0 aromatic heterocycles. The van der Waals surface area contributed by atoms with Gasteiger partial charge in [-0.3, -0.25) is 4.79 Å². The van der Waals surface area contributed by atoms with Gasteiger partial charge >= 0.3 is 0 Å². The Morgan fingerprint density at radius 1 is 1.38 bits per heavy atom. The number of allylic oxidation sites excluding steroid dienone is 2. The van der Waals surface area contributed by atoms with Gasteiger partial charge in [0.05, 0.1) is 0 Å². The zero-order valence-electron chi connectivity index (χ0n) is 10.5. The van der Waals surface area contributed by atoms with Crippen LogP contribution in [0.5, 0.6) is 0 Å². The van der Waals surface area contributed by atoms with E-state index in [0.29, 0.717) is 12.3 Å². The first kappa shape index (κ1) is 13.4. The van der Waals surface area contributed by atoms with Crippen molar-refractivity contribution in [3.63, 3.8) is 0 Å². The monoisotopic (exact) mass is 223 g/mol. The molecule has 1 aliphatic rings. The van der Waals surface area contributed by atoms with Gasteiger partial charge in [-0.2, -0.15) is 0 Å². The summed E-state index contributed by atoms with van der Waals surface area (Å²) < 4.78 is 0. The minimum Gasteiger partial charge on any atom is -0.330 e. The summed E-state index contributed by atoms with van der Waals surface area (Å²) in [5.41, 5.74) is 6.56. The number of ketones is 1. The maximum atomic E-state index is 12.2. The van der Waals surface area contributed by atoms with E-state index in [1.54, 1.807) is 0 Å². The highest BCUT2D eigenvalue weighted by molar-refractivity contribution is 5.96. The van der Waals surface area contributed by atoms with Crippen LogP contribution < -0.4 is 5.73 Å². The fraction of sp³-hybridized carbons (Fsp3) is 0.786. The quantitative estimate of drug-likeness (QED) is 0.777. The van der Waals surface area contributed by atoms with Gasteiger partial charge in [-0.25, -0.2) is 0 Å². The topological polar surface area (TPSA) is 43.1 Å². The van der Waals surface area contributed by atoms with Gasteiger partial charge in [-0.05, 0) is 50.6 Å². The zero-order chi connectivity index (χ0) is 11.8. The number of Topliss-reactive ketones (excluding diaryl/α,β-unsaturated/α-hetero) is 1. The van der Waals surface area contributed by atoms with Crippen molar-refractivity contribution in [2.45, 2.75) is 58.3 Å². The first-order chi connectivity index (χ1) is 7.75. The van der Waals surface area contributed by atoms with Crippen molar-refractivity contribution in [3.8, 4) is 0 Å². The number of carbonyl (C=O) groups excluding carboxylic acids is 1.